The predicted molar refractivity (Wildman–Crippen MR) is 79.7 cm³/mol. The Morgan fingerprint density at radius 3 is 2.75 bits per heavy atom. The lowest BCUT2D eigenvalue weighted by atomic mass is 9.92. The van der Waals surface area contributed by atoms with E-state index in [1.807, 2.05) is 39.1 Å². The van der Waals surface area contributed by atoms with E-state index in [0.717, 1.165) is 30.0 Å². The Kier molecular flexibility index (Phi) is 4.06. The molecule has 0 aliphatic rings. The number of pyridine rings is 1. The van der Waals surface area contributed by atoms with Gasteiger partial charge in [0.05, 0.1) is 11.9 Å². The minimum atomic E-state index is -0.0181. The molecule has 2 aromatic rings. The van der Waals surface area contributed by atoms with Gasteiger partial charge in [0.1, 0.15) is 0 Å². The number of carbonyl (C=O) groups is 1. The number of nitrogens with zero attached hydrogens (tertiary/aromatic N) is 3. The van der Waals surface area contributed by atoms with Gasteiger partial charge in [-0.25, -0.2) is 9.50 Å². The molecule has 1 amide bonds. The van der Waals surface area contributed by atoms with E-state index in [9.17, 15) is 4.79 Å². The summed E-state index contributed by atoms with van der Waals surface area (Å²) < 4.78 is 1.72. The number of rotatable bonds is 4. The molecule has 0 aliphatic carbocycles. The summed E-state index contributed by atoms with van der Waals surface area (Å²) in [6, 6.07) is 3.74. The second-order valence-corrected chi connectivity index (χ2v) is 6.28. The van der Waals surface area contributed by atoms with E-state index in [-0.39, 0.29) is 11.3 Å². The van der Waals surface area contributed by atoms with Crippen LogP contribution < -0.4 is 5.32 Å². The number of amides is 1. The van der Waals surface area contributed by atoms with Gasteiger partial charge in [-0.05, 0) is 24.0 Å². The van der Waals surface area contributed by atoms with Crippen molar-refractivity contribution in [2.45, 2.75) is 47.0 Å². The van der Waals surface area contributed by atoms with Crippen LogP contribution in [0, 0.1) is 5.41 Å². The Bertz CT molecular complexity index is 610. The fraction of sp³-hybridized carbons (Fsp3) is 0.533. The number of nitrogens with one attached hydrogen (secondary N) is 1. The van der Waals surface area contributed by atoms with Crippen LogP contribution in [-0.2, 0) is 11.2 Å². The van der Waals surface area contributed by atoms with Crippen LogP contribution in [0.1, 0.15) is 46.4 Å². The van der Waals surface area contributed by atoms with Crippen molar-refractivity contribution in [2.24, 2.45) is 5.41 Å². The number of hydrogen-bond acceptors (Lipinski definition) is 3. The molecule has 0 unspecified atom stereocenters. The molecule has 1 N–H and O–H groups in total. The van der Waals surface area contributed by atoms with Gasteiger partial charge in [0.25, 0.3) is 0 Å². The van der Waals surface area contributed by atoms with Crippen molar-refractivity contribution in [2.75, 3.05) is 5.32 Å². The molecule has 0 atom stereocenters. The van der Waals surface area contributed by atoms with Crippen molar-refractivity contribution < 1.29 is 4.79 Å². The SMILES string of the molecule is CCCc1nc2ccc(NC(=O)CC(C)(C)C)cn2n1. The van der Waals surface area contributed by atoms with Crippen molar-refractivity contribution in [3.63, 3.8) is 0 Å². The zero-order valence-corrected chi connectivity index (χ0v) is 12.6. The van der Waals surface area contributed by atoms with Crippen LogP contribution in [0.4, 0.5) is 5.69 Å². The number of hydrogen-bond donors (Lipinski definition) is 1. The molecule has 2 aromatic heterocycles. The first kappa shape index (κ1) is 14.5. The highest BCUT2D eigenvalue weighted by molar-refractivity contribution is 5.91. The summed E-state index contributed by atoms with van der Waals surface area (Å²) in [4.78, 5) is 16.3. The number of aromatic nitrogens is 3. The molecule has 20 heavy (non-hydrogen) atoms. The average molecular weight is 274 g/mol. The number of carbonyl (C=O) groups excluding carboxylic acids is 1. The van der Waals surface area contributed by atoms with Gasteiger partial charge in [0, 0.05) is 12.8 Å². The maximum absolute atomic E-state index is 11.9. The van der Waals surface area contributed by atoms with Crippen LogP contribution in [-0.4, -0.2) is 20.5 Å². The monoisotopic (exact) mass is 274 g/mol. The first-order chi connectivity index (χ1) is 9.37. The number of anilines is 1. The summed E-state index contributed by atoms with van der Waals surface area (Å²) >= 11 is 0. The largest absolute Gasteiger partial charge is 0.325 e. The van der Waals surface area contributed by atoms with Gasteiger partial charge in [-0.2, -0.15) is 5.10 Å². The third-order valence-corrected chi connectivity index (χ3v) is 2.82. The molecule has 108 valence electrons. The highest BCUT2D eigenvalue weighted by atomic mass is 16.1. The van der Waals surface area contributed by atoms with Crippen LogP contribution in [0.5, 0.6) is 0 Å². The van der Waals surface area contributed by atoms with E-state index in [4.69, 9.17) is 0 Å². The van der Waals surface area contributed by atoms with Crippen molar-refractivity contribution in [3.05, 3.63) is 24.2 Å². The lowest BCUT2D eigenvalue weighted by Crippen LogP contribution is -2.19. The van der Waals surface area contributed by atoms with Gasteiger partial charge in [-0.3, -0.25) is 4.79 Å². The summed E-state index contributed by atoms with van der Waals surface area (Å²) in [5.41, 5.74) is 1.54. The third-order valence-electron chi connectivity index (χ3n) is 2.82. The standard InChI is InChI=1S/C15H22N4O/c1-5-6-12-17-13-8-7-11(10-19(13)18-12)16-14(20)9-15(2,3)4/h7-8,10H,5-6,9H2,1-4H3,(H,16,20). The van der Waals surface area contributed by atoms with E-state index in [1.54, 1.807) is 4.52 Å². The van der Waals surface area contributed by atoms with E-state index < -0.39 is 0 Å². The maximum atomic E-state index is 11.9. The molecule has 5 heteroatoms. The van der Waals surface area contributed by atoms with Gasteiger partial charge in [0.15, 0.2) is 11.5 Å². The second-order valence-electron chi connectivity index (χ2n) is 6.28. The molecule has 0 fully saturated rings. The summed E-state index contributed by atoms with van der Waals surface area (Å²) in [7, 11) is 0. The number of fused-ring (bicyclic) bond motifs is 1. The molecule has 0 aromatic carbocycles. The van der Waals surface area contributed by atoms with Gasteiger partial charge < -0.3 is 5.32 Å². The Morgan fingerprint density at radius 1 is 1.35 bits per heavy atom. The van der Waals surface area contributed by atoms with E-state index in [0.29, 0.717) is 6.42 Å². The minimum Gasteiger partial charge on any atom is -0.325 e. The summed E-state index contributed by atoms with van der Waals surface area (Å²) in [6.45, 7) is 8.24. The normalized spacial score (nSPS) is 11.8. The average Bonchev–Trinajstić information content (AvgIpc) is 2.68. The fourth-order valence-corrected chi connectivity index (χ4v) is 2.02. The molecule has 0 radical (unpaired) electrons. The van der Waals surface area contributed by atoms with E-state index in [2.05, 4.69) is 22.3 Å². The van der Waals surface area contributed by atoms with Crippen molar-refractivity contribution >= 4 is 17.2 Å². The van der Waals surface area contributed by atoms with Gasteiger partial charge in [-0.1, -0.05) is 27.7 Å². The van der Waals surface area contributed by atoms with Crippen LogP contribution in [0.15, 0.2) is 18.3 Å². The predicted octanol–water partition coefficient (Wildman–Crippen LogP) is 3.06. The van der Waals surface area contributed by atoms with Gasteiger partial charge in [0.2, 0.25) is 5.91 Å². The smallest absolute Gasteiger partial charge is 0.224 e. The molecule has 0 saturated carbocycles. The lowest BCUT2D eigenvalue weighted by molar-refractivity contribution is -0.117. The summed E-state index contributed by atoms with van der Waals surface area (Å²) in [5, 5.41) is 7.30. The Labute approximate surface area is 119 Å². The lowest BCUT2D eigenvalue weighted by Gasteiger charge is -2.17. The van der Waals surface area contributed by atoms with E-state index >= 15 is 0 Å². The molecule has 0 bridgehead atoms. The minimum absolute atomic E-state index is 0.0181. The van der Waals surface area contributed by atoms with E-state index in [1.165, 1.54) is 0 Å². The van der Waals surface area contributed by atoms with Gasteiger partial charge in [-0.15, -0.1) is 0 Å². The Balaban J connectivity index is 2.13. The Morgan fingerprint density at radius 2 is 2.10 bits per heavy atom. The topological polar surface area (TPSA) is 59.3 Å². The highest BCUT2D eigenvalue weighted by Gasteiger charge is 2.16. The summed E-state index contributed by atoms with van der Waals surface area (Å²) in [5.74, 6) is 0.858. The molecule has 2 rings (SSSR count). The second kappa shape index (κ2) is 5.61. The fourth-order valence-electron chi connectivity index (χ4n) is 2.02. The summed E-state index contributed by atoms with van der Waals surface area (Å²) in [6.07, 6.45) is 4.19. The van der Waals surface area contributed by atoms with Crippen LogP contribution in [0.2, 0.25) is 0 Å². The quantitative estimate of drug-likeness (QED) is 0.932. The van der Waals surface area contributed by atoms with Crippen molar-refractivity contribution in [1.29, 1.82) is 0 Å². The molecule has 0 aliphatic heterocycles. The molecular weight excluding hydrogens is 252 g/mol. The molecule has 0 saturated heterocycles. The zero-order chi connectivity index (χ0) is 14.8. The van der Waals surface area contributed by atoms with Crippen molar-refractivity contribution in [3.8, 4) is 0 Å². The molecular formula is C15H22N4O. The third kappa shape index (κ3) is 3.79. The molecule has 2 heterocycles. The van der Waals surface area contributed by atoms with Crippen molar-refractivity contribution in [1.82, 2.24) is 14.6 Å². The maximum Gasteiger partial charge on any atom is 0.224 e. The molecule has 5 nitrogen and oxygen atoms in total. The first-order valence-corrected chi connectivity index (χ1v) is 7.02. The molecule has 0 spiro atoms. The van der Waals surface area contributed by atoms with Gasteiger partial charge >= 0.3 is 0 Å². The highest BCUT2D eigenvalue weighted by Crippen LogP contribution is 2.19. The zero-order valence-electron chi connectivity index (χ0n) is 12.6. The van der Waals surface area contributed by atoms with Crippen LogP contribution in [0.25, 0.3) is 5.65 Å². The Hall–Kier alpha value is -1.91. The van der Waals surface area contributed by atoms with Crippen LogP contribution in [0.3, 0.4) is 0 Å². The first-order valence-electron chi connectivity index (χ1n) is 7.02. The van der Waals surface area contributed by atoms with Crippen LogP contribution >= 0.6 is 0 Å². The number of aryl methyl sites for hydroxylation is 1.